The maximum Gasteiger partial charge on any atom is 0.142 e. The zero-order chi connectivity index (χ0) is 15.7. The van der Waals surface area contributed by atoms with Crippen molar-refractivity contribution >= 4 is 49.6 Å². The minimum Gasteiger partial charge on any atom is -0.508 e. The third kappa shape index (κ3) is 1.49. The number of phenolic OH excluding ortho intramolecular Hbond substituents is 2. The molecule has 0 amide bonds. The van der Waals surface area contributed by atoms with Crippen molar-refractivity contribution in [1.82, 2.24) is 15.0 Å². The number of H-pyrrole nitrogens is 2. The van der Waals surface area contributed by atoms with Gasteiger partial charge in [-0.25, -0.2) is 4.98 Å². The number of hydrogen-bond donors (Lipinski definition) is 5. The smallest absolute Gasteiger partial charge is 0.142 e. The number of pyridine rings is 1. The first kappa shape index (κ1) is 12.2. The minimum atomic E-state index is 0.175. The van der Waals surface area contributed by atoms with Crippen molar-refractivity contribution in [1.29, 1.82) is 0 Å². The predicted octanol–water partition coefficient (Wildman–Crippen LogP) is 3.34. The highest BCUT2D eigenvalue weighted by Crippen LogP contribution is 2.38. The average Bonchev–Trinajstić information content (AvgIpc) is 3.04. The zero-order valence-electron chi connectivity index (χ0n) is 11.9. The monoisotopic (exact) mass is 304 g/mol. The Labute approximate surface area is 129 Å². The van der Waals surface area contributed by atoms with Crippen molar-refractivity contribution in [2.45, 2.75) is 0 Å². The molecule has 0 saturated carbocycles. The van der Waals surface area contributed by atoms with E-state index in [2.05, 4.69) is 15.0 Å². The number of nitrogen functional groups attached to an aromatic ring is 1. The summed E-state index contributed by atoms with van der Waals surface area (Å²) in [6.45, 7) is 0. The molecule has 0 bridgehead atoms. The SMILES string of the molecule is Nc1nc2[nH]c3ccc(O)cc3c2c2[nH]c3ccc(O)cc3c12. The summed E-state index contributed by atoms with van der Waals surface area (Å²) < 4.78 is 0. The van der Waals surface area contributed by atoms with Gasteiger partial charge < -0.3 is 25.9 Å². The van der Waals surface area contributed by atoms with Gasteiger partial charge in [-0.1, -0.05) is 0 Å². The Morgan fingerprint density at radius 3 is 2.13 bits per heavy atom. The quantitative estimate of drug-likeness (QED) is 0.302. The molecule has 6 heteroatoms. The van der Waals surface area contributed by atoms with Crippen LogP contribution in [0.1, 0.15) is 0 Å². The lowest BCUT2D eigenvalue weighted by Gasteiger charge is -1.99. The van der Waals surface area contributed by atoms with Gasteiger partial charge in [0.05, 0.1) is 16.3 Å². The summed E-state index contributed by atoms with van der Waals surface area (Å²) in [5, 5.41) is 22.9. The van der Waals surface area contributed by atoms with E-state index < -0.39 is 0 Å². The molecular weight excluding hydrogens is 292 g/mol. The molecule has 2 aromatic carbocycles. The number of phenols is 2. The van der Waals surface area contributed by atoms with Crippen molar-refractivity contribution in [2.24, 2.45) is 0 Å². The van der Waals surface area contributed by atoms with Crippen molar-refractivity contribution < 1.29 is 10.2 Å². The second-order valence-corrected chi connectivity index (χ2v) is 5.68. The Balaban J connectivity index is 2.11. The van der Waals surface area contributed by atoms with E-state index in [0.717, 1.165) is 38.1 Å². The zero-order valence-corrected chi connectivity index (χ0v) is 11.9. The van der Waals surface area contributed by atoms with E-state index in [9.17, 15) is 10.2 Å². The lowest BCUT2D eigenvalue weighted by atomic mass is 10.1. The van der Waals surface area contributed by atoms with E-state index in [4.69, 9.17) is 5.73 Å². The van der Waals surface area contributed by atoms with E-state index in [1.54, 1.807) is 24.3 Å². The highest BCUT2D eigenvalue weighted by Gasteiger charge is 2.17. The molecular formula is C17H12N4O2. The molecule has 5 aromatic rings. The molecule has 0 aliphatic rings. The van der Waals surface area contributed by atoms with Crippen molar-refractivity contribution in [3.63, 3.8) is 0 Å². The van der Waals surface area contributed by atoms with Crippen LogP contribution < -0.4 is 5.73 Å². The molecule has 0 radical (unpaired) electrons. The number of fused-ring (bicyclic) bond motifs is 7. The number of nitrogens with two attached hydrogens (primary N) is 1. The summed E-state index contributed by atoms with van der Waals surface area (Å²) >= 11 is 0. The number of benzene rings is 2. The number of aromatic amines is 2. The van der Waals surface area contributed by atoms with Gasteiger partial charge >= 0.3 is 0 Å². The lowest BCUT2D eigenvalue weighted by molar-refractivity contribution is 0.475. The highest BCUT2D eigenvalue weighted by atomic mass is 16.3. The predicted molar refractivity (Wildman–Crippen MR) is 90.7 cm³/mol. The molecule has 0 aliphatic carbocycles. The van der Waals surface area contributed by atoms with Crippen LogP contribution in [0.3, 0.4) is 0 Å². The fourth-order valence-electron chi connectivity index (χ4n) is 3.31. The molecule has 0 atom stereocenters. The van der Waals surface area contributed by atoms with Gasteiger partial charge in [-0.15, -0.1) is 0 Å². The fourth-order valence-corrected chi connectivity index (χ4v) is 3.31. The number of nitrogens with one attached hydrogen (secondary N) is 2. The van der Waals surface area contributed by atoms with Gasteiger partial charge in [-0.3, -0.25) is 0 Å². The van der Waals surface area contributed by atoms with E-state index in [1.165, 1.54) is 0 Å². The van der Waals surface area contributed by atoms with Crippen molar-refractivity contribution in [2.75, 3.05) is 5.73 Å². The number of nitrogens with zero attached hydrogens (tertiary/aromatic N) is 1. The van der Waals surface area contributed by atoms with Crippen molar-refractivity contribution in [3.05, 3.63) is 36.4 Å². The molecule has 0 spiro atoms. The van der Waals surface area contributed by atoms with Crippen LogP contribution in [0, 0.1) is 0 Å². The highest BCUT2D eigenvalue weighted by molar-refractivity contribution is 6.26. The van der Waals surface area contributed by atoms with Crippen LogP contribution in [-0.2, 0) is 0 Å². The summed E-state index contributed by atoms with van der Waals surface area (Å²) in [4.78, 5) is 11.0. The van der Waals surface area contributed by atoms with E-state index in [0.29, 0.717) is 11.5 Å². The van der Waals surface area contributed by atoms with Gasteiger partial charge in [-0.2, -0.15) is 0 Å². The van der Waals surface area contributed by atoms with Gasteiger partial charge in [0.25, 0.3) is 0 Å². The van der Waals surface area contributed by atoms with E-state index in [-0.39, 0.29) is 11.5 Å². The molecule has 3 aromatic heterocycles. The average molecular weight is 304 g/mol. The first-order valence-electron chi connectivity index (χ1n) is 7.16. The number of hydrogen-bond acceptors (Lipinski definition) is 4. The van der Waals surface area contributed by atoms with Crippen molar-refractivity contribution in [3.8, 4) is 11.5 Å². The van der Waals surface area contributed by atoms with Crippen LogP contribution in [0.5, 0.6) is 11.5 Å². The third-order valence-electron chi connectivity index (χ3n) is 4.28. The Hall–Kier alpha value is -3.41. The second kappa shape index (κ2) is 3.86. The molecule has 6 nitrogen and oxygen atoms in total. The van der Waals surface area contributed by atoms with Crippen LogP contribution in [0.4, 0.5) is 5.82 Å². The molecule has 0 saturated heterocycles. The number of rotatable bonds is 0. The molecule has 23 heavy (non-hydrogen) atoms. The Bertz CT molecular complexity index is 1250. The lowest BCUT2D eigenvalue weighted by Crippen LogP contribution is -1.91. The summed E-state index contributed by atoms with van der Waals surface area (Å²) in [6, 6.07) is 10.2. The Kier molecular flexibility index (Phi) is 2.04. The molecule has 0 aliphatic heterocycles. The summed E-state index contributed by atoms with van der Waals surface area (Å²) in [7, 11) is 0. The summed E-state index contributed by atoms with van der Waals surface area (Å²) in [5.41, 5.74) is 9.39. The summed E-state index contributed by atoms with van der Waals surface area (Å²) in [6.07, 6.45) is 0. The largest absolute Gasteiger partial charge is 0.508 e. The van der Waals surface area contributed by atoms with Crippen LogP contribution in [0.15, 0.2) is 36.4 Å². The molecule has 112 valence electrons. The Morgan fingerprint density at radius 2 is 1.43 bits per heavy atom. The van der Waals surface area contributed by atoms with Crippen LogP contribution in [0.2, 0.25) is 0 Å². The third-order valence-corrected chi connectivity index (χ3v) is 4.28. The Morgan fingerprint density at radius 1 is 0.826 bits per heavy atom. The maximum atomic E-state index is 9.81. The second-order valence-electron chi connectivity index (χ2n) is 5.68. The first-order chi connectivity index (χ1) is 11.1. The molecule has 0 unspecified atom stereocenters. The summed E-state index contributed by atoms with van der Waals surface area (Å²) in [5.74, 6) is 0.756. The van der Waals surface area contributed by atoms with Crippen LogP contribution in [0.25, 0.3) is 43.7 Å². The maximum absolute atomic E-state index is 9.81. The normalized spacial score (nSPS) is 12.0. The molecule has 6 N–H and O–H groups in total. The molecule has 5 rings (SSSR count). The van der Waals surface area contributed by atoms with Gasteiger partial charge in [-0.05, 0) is 36.4 Å². The van der Waals surface area contributed by atoms with Gasteiger partial charge in [0.2, 0.25) is 0 Å². The number of aromatic hydroxyl groups is 2. The standard InChI is InChI=1S/C17H12N4O2/c18-16-13-9-5-7(22)1-3-11(9)19-15(13)14-10-6-8(23)2-4-12(10)20-17(14)21-16/h1-6,19,22-23H,(H3,18,20,21). The van der Waals surface area contributed by atoms with Crippen LogP contribution in [-0.4, -0.2) is 25.2 Å². The molecule has 0 fully saturated rings. The fraction of sp³-hybridized carbons (Fsp3) is 0. The topological polar surface area (TPSA) is 111 Å². The minimum absolute atomic E-state index is 0.175. The van der Waals surface area contributed by atoms with E-state index in [1.807, 2.05) is 12.1 Å². The number of aromatic nitrogens is 3. The van der Waals surface area contributed by atoms with E-state index >= 15 is 0 Å². The number of anilines is 1. The molecule has 3 heterocycles. The first-order valence-corrected chi connectivity index (χ1v) is 7.16. The van der Waals surface area contributed by atoms with Crippen LogP contribution >= 0.6 is 0 Å². The van der Waals surface area contributed by atoms with Gasteiger partial charge in [0.1, 0.15) is 23.0 Å². The van der Waals surface area contributed by atoms with Gasteiger partial charge in [0.15, 0.2) is 0 Å². The van der Waals surface area contributed by atoms with Gasteiger partial charge in [0, 0.05) is 21.8 Å².